The molecule has 2 nitrogen and oxygen atoms in total. The van der Waals surface area contributed by atoms with E-state index in [4.69, 9.17) is 0 Å². The first-order valence-electron chi connectivity index (χ1n) is 6.38. The average Bonchev–Trinajstić information content (AvgIpc) is 2.28. The van der Waals surface area contributed by atoms with Crippen LogP contribution in [-0.2, 0) is 5.41 Å². The first kappa shape index (κ1) is 11.6. The Morgan fingerprint density at radius 3 is 2.62 bits per heavy atom. The number of nitrogens with zero attached hydrogens (tertiary/aromatic N) is 1. The van der Waals surface area contributed by atoms with E-state index in [0.717, 1.165) is 19.0 Å². The summed E-state index contributed by atoms with van der Waals surface area (Å²) in [5, 5.41) is 3.58. The molecule has 0 amide bonds. The summed E-state index contributed by atoms with van der Waals surface area (Å²) in [6.45, 7) is 6.81. The summed E-state index contributed by atoms with van der Waals surface area (Å²) in [6.07, 6.45) is 7.67. The smallest absolute Gasteiger partial charge is 0.0270 e. The molecule has 0 radical (unpaired) electrons. The summed E-state index contributed by atoms with van der Waals surface area (Å²) in [5.41, 5.74) is 1.85. The summed E-state index contributed by atoms with van der Waals surface area (Å²) in [5.74, 6) is 0.872. The van der Waals surface area contributed by atoms with Gasteiger partial charge in [0.1, 0.15) is 0 Å². The molecule has 1 aliphatic carbocycles. The van der Waals surface area contributed by atoms with Crippen LogP contribution in [0.1, 0.15) is 38.7 Å². The van der Waals surface area contributed by atoms with Crippen molar-refractivity contribution in [1.82, 2.24) is 10.3 Å². The highest BCUT2D eigenvalue weighted by atomic mass is 14.9. The highest BCUT2D eigenvalue weighted by Crippen LogP contribution is 2.46. The zero-order valence-corrected chi connectivity index (χ0v) is 10.4. The van der Waals surface area contributed by atoms with Crippen LogP contribution in [-0.4, -0.2) is 18.1 Å². The maximum Gasteiger partial charge on any atom is 0.0270 e. The quantitative estimate of drug-likeness (QED) is 0.769. The van der Waals surface area contributed by atoms with E-state index in [-0.39, 0.29) is 0 Å². The zero-order valence-electron chi connectivity index (χ0n) is 10.4. The molecule has 1 fully saturated rings. The molecule has 1 heterocycles. The van der Waals surface area contributed by atoms with Gasteiger partial charge in [-0.25, -0.2) is 0 Å². The Labute approximate surface area is 98.5 Å². The van der Waals surface area contributed by atoms with Crippen LogP contribution in [0.25, 0.3) is 0 Å². The highest BCUT2D eigenvalue weighted by Gasteiger charge is 2.42. The molecule has 0 atom stereocenters. The number of pyridine rings is 1. The van der Waals surface area contributed by atoms with Gasteiger partial charge in [-0.1, -0.05) is 13.8 Å². The first-order valence-corrected chi connectivity index (χ1v) is 6.38. The molecule has 0 unspecified atom stereocenters. The van der Waals surface area contributed by atoms with Crippen LogP contribution in [0.4, 0.5) is 0 Å². The molecule has 0 aromatic carbocycles. The summed E-state index contributed by atoms with van der Waals surface area (Å²) >= 11 is 0. The Morgan fingerprint density at radius 1 is 1.38 bits per heavy atom. The SMILES string of the molecule is CCCNCC1(c2ccncc2)CC(C)C1. The Kier molecular flexibility index (Phi) is 3.59. The third-order valence-electron chi connectivity index (χ3n) is 3.66. The van der Waals surface area contributed by atoms with E-state index in [1.54, 1.807) is 0 Å². The van der Waals surface area contributed by atoms with E-state index in [9.17, 15) is 0 Å². The summed E-state index contributed by atoms with van der Waals surface area (Å²) in [7, 11) is 0. The van der Waals surface area contributed by atoms with E-state index < -0.39 is 0 Å². The Hall–Kier alpha value is -0.890. The molecule has 2 rings (SSSR count). The number of aromatic nitrogens is 1. The van der Waals surface area contributed by atoms with Gasteiger partial charge in [-0.2, -0.15) is 0 Å². The molecule has 16 heavy (non-hydrogen) atoms. The van der Waals surface area contributed by atoms with Crippen molar-refractivity contribution in [2.45, 2.75) is 38.5 Å². The van der Waals surface area contributed by atoms with Crippen molar-refractivity contribution < 1.29 is 0 Å². The van der Waals surface area contributed by atoms with Crippen LogP contribution in [0.15, 0.2) is 24.5 Å². The molecule has 2 heteroatoms. The van der Waals surface area contributed by atoms with Crippen molar-refractivity contribution in [2.24, 2.45) is 5.92 Å². The second kappa shape index (κ2) is 4.96. The second-order valence-electron chi connectivity index (χ2n) is 5.21. The summed E-state index contributed by atoms with van der Waals surface area (Å²) in [4.78, 5) is 4.11. The lowest BCUT2D eigenvalue weighted by atomic mass is 9.59. The van der Waals surface area contributed by atoms with Crippen LogP contribution in [0.3, 0.4) is 0 Å². The van der Waals surface area contributed by atoms with E-state index in [1.807, 2.05) is 12.4 Å². The van der Waals surface area contributed by atoms with Gasteiger partial charge in [-0.3, -0.25) is 4.98 Å². The first-order chi connectivity index (χ1) is 7.77. The molecular weight excluding hydrogens is 196 g/mol. The molecule has 1 aromatic heterocycles. The minimum Gasteiger partial charge on any atom is -0.316 e. The number of nitrogens with one attached hydrogen (secondary N) is 1. The predicted molar refractivity (Wildman–Crippen MR) is 67.5 cm³/mol. The summed E-state index contributed by atoms with van der Waals surface area (Å²) in [6, 6.07) is 4.36. The van der Waals surface area contributed by atoms with Crippen LogP contribution >= 0.6 is 0 Å². The molecule has 1 aromatic rings. The van der Waals surface area contributed by atoms with E-state index in [1.165, 1.54) is 24.8 Å². The summed E-state index contributed by atoms with van der Waals surface area (Å²) < 4.78 is 0. The highest BCUT2D eigenvalue weighted by molar-refractivity contribution is 5.27. The molecule has 1 saturated carbocycles. The molecule has 1 N–H and O–H groups in total. The van der Waals surface area contributed by atoms with Gasteiger partial charge >= 0.3 is 0 Å². The lowest BCUT2D eigenvalue weighted by Gasteiger charge is -2.47. The lowest BCUT2D eigenvalue weighted by molar-refractivity contribution is 0.152. The largest absolute Gasteiger partial charge is 0.316 e. The van der Waals surface area contributed by atoms with Crippen molar-refractivity contribution in [3.05, 3.63) is 30.1 Å². The van der Waals surface area contributed by atoms with Gasteiger partial charge in [0.05, 0.1) is 0 Å². The number of rotatable bonds is 5. The van der Waals surface area contributed by atoms with Crippen LogP contribution in [0, 0.1) is 5.92 Å². The van der Waals surface area contributed by atoms with E-state index in [0.29, 0.717) is 5.41 Å². The van der Waals surface area contributed by atoms with E-state index in [2.05, 4.69) is 36.3 Å². The molecule has 1 aliphatic rings. The average molecular weight is 218 g/mol. The number of hydrogen-bond acceptors (Lipinski definition) is 2. The fourth-order valence-corrected chi connectivity index (χ4v) is 2.97. The van der Waals surface area contributed by atoms with Crippen LogP contribution < -0.4 is 5.32 Å². The maximum absolute atomic E-state index is 4.11. The minimum absolute atomic E-state index is 0.386. The van der Waals surface area contributed by atoms with E-state index >= 15 is 0 Å². The van der Waals surface area contributed by atoms with Crippen molar-refractivity contribution in [1.29, 1.82) is 0 Å². The van der Waals surface area contributed by atoms with Gasteiger partial charge in [0.25, 0.3) is 0 Å². The van der Waals surface area contributed by atoms with Gasteiger partial charge in [0, 0.05) is 24.4 Å². The topological polar surface area (TPSA) is 24.9 Å². The molecule has 0 aliphatic heterocycles. The zero-order chi connectivity index (χ0) is 11.4. The standard InChI is InChI=1S/C14H22N2/c1-3-6-16-11-14(9-12(2)10-14)13-4-7-15-8-5-13/h4-5,7-8,12,16H,3,6,9-11H2,1-2H3. The fourth-order valence-electron chi connectivity index (χ4n) is 2.97. The number of hydrogen-bond donors (Lipinski definition) is 1. The van der Waals surface area contributed by atoms with Crippen molar-refractivity contribution >= 4 is 0 Å². The lowest BCUT2D eigenvalue weighted by Crippen LogP contribution is -2.48. The van der Waals surface area contributed by atoms with Gasteiger partial charge in [0.2, 0.25) is 0 Å². The monoisotopic (exact) mass is 218 g/mol. The van der Waals surface area contributed by atoms with Crippen LogP contribution in [0.2, 0.25) is 0 Å². The molecule has 0 bridgehead atoms. The molecular formula is C14H22N2. The van der Waals surface area contributed by atoms with Crippen LogP contribution in [0.5, 0.6) is 0 Å². The van der Waals surface area contributed by atoms with Gasteiger partial charge < -0.3 is 5.32 Å². The Balaban J connectivity index is 2.05. The van der Waals surface area contributed by atoms with Gasteiger partial charge in [0.15, 0.2) is 0 Å². The van der Waals surface area contributed by atoms with Crippen molar-refractivity contribution in [3.8, 4) is 0 Å². The van der Waals surface area contributed by atoms with Gasteiger partial charge in [-0.15, -0.1) is 0 Å². The van der Waals surface area contributed by atoms with Crippen molar-refractivity contribution in [3.63, 3.8) is 0 Å². The molecule has 0 saturated heterocycles. The Bertz CT molecular complexity index is 315. The minimum atomic E-state index is 0.386. The Morgan fingerprint density at radius 2 is 2.06 bits per heavy atom. The fraction of sp³-hybridized carbons (Fsp3) is 0.643. The normalized spacial score (nSPS) is 28.8. The molecule has 88 valence electrons. The third kappa shape index (κ3) is 2.27. The third-order valence-corrected chi connectivity index (χ3v) is 3.66. The maximum atomic E-state index is 4.11. The second-order valence-corrected chi connectivity index (χ2v) is 5.21. The van der Waals surface area contributed by atoms with Crippen molar-refractivity contribution in [2.75, 3.05) is 13.1 Å². The predicted octanol–water partition coefficient (Wildman–Crippen LogP) is 2.75. The molecule has 0 spiro atoms. The van der Waals surface area contributed by atoms with Gasteiger partial charge in [-0.05, 0) is 49.4 Å².